The highest BCUT2D eigenvalue weighted by atomic mass is 16.7. The van der Waals surface area contributed by atoms with Gasteiger partial charge >= 0.3 is 17.9 Å². The van der Waals surface area contributed by atoms with Gasteiger partial charge in [0.25, 0.3) is 0 Å². The molecular formula is C22H32N6O7. The van der Waals surface area contributed by atoms with Crippen molar-refractivity contribution in [3.63, 3.8) is 0 Å². The van der Waals surface area contributed by atoms with Crippen molar-refractivity contribution in [3.8, 4) is 0 Å². The Hall–Kier alpha value is -3.57. The fraction of sp³-hybridized carbons (Fsp3) is 0.636. The van der Waals surface area contributed by atoms with Gasteiger partial charge in [0.1, 0.15) is 18.3 Å². The highest BCUT2D eigenvalue weighted by Gasteiger charge is 2.62. The zero-order chi connectivity index (χ0) is 26.5. The zero-order valence-corrected chi connectivity index (χ0v) is 20.7. The first-order chi connectivity index (χ1) is 16.3. The van der Waals surface area contributed by atoms with E-state index in [0.29, 0.717) is 0 Å². The van der Waals surface area contributed by atoms with E-state index in [1.807, 2.05) is 0 Å². The monoisotopic (exact) mass is 492 g/mol. The van der Waals surface area contributed by atoms with E-state index in [-0.39, 0.29) is 11.7 Å². The van der Waals surface area contributed by atoms with Crippen LogP contribution < -0.4 is 5.73 Å². The van der Waals surface area contributed by atoms with E-state index >= 15 is 0 Å². The topological polar surface area (TPSA) is 179 Å². The Morgan fingerprint density at radius 3 is 2.26 bits per heavy atom. The molecule has 2 aliphatic heterocycles. The summed E-state index contributed by atoms with van der Waals surface area (Å²) in [6.45, 7) is 12.9. The maximum absolute atomic E-state index is 12.6. The number of carbonyl (C=O) groups is 3. The number of esters is 3. The van der Waals surface area contributed by atoms with Crippen LogP contribution >= 0.6 is 0 Å². The standard InChI is InChI=1S/C22H32N6O7/c1-11(2)19(29)32-10-22(26-27-24)17(34-21(31)13(5)6)16(33-20(30)12(3)4)18(35-22)28-9-8-15(23)25-14(28)7/h8-9,11-13,16-18H,7,10H2,1-6H3,(H2,23,25)/t16-,17+,18-,22-/m1/s1. The maximum atomic E-state index is 12.6. The summed E-state index contributed by atoms with van der Waals surface area (Å²) in [6, 6.07) is 0. The first kappa shape index (κ1) is 27.7. The Balaban J connectivity index is 2.62. The van der Waals surface area contributed by atoms with E-state index in [1.54, 1.807) is 41.5 Å². The number of carbonyl (C=O) groups excluding carboxylic acids is 3. The van der Waals surface area contributed by atoms with Crippen LogP contribution in [0.25, 0.3) is 10.4 Å². The molecule has 2 rings (SSSR count). The minimum Gasteiger partial charge on any atom is -0.462 e. The van der Waals surface area contributed by atoms with Crippen LogP contribution in [-0.2, 0) is 33.3 Å². The summed E-state index contributed by atoms with van der Waals surface area (Å²) < 4.78 is 22.8. The van der Waals surface area contributed by atoms with Gasteiger partial charge in [-0.25, -0.2) is 4.99 Å². The number of azide groups is 1. The van der Waals surface area contributed by atoms with Crippen LogP contribution in [0.3, 0.4) is 0 Å². The molecule has 13 heteroatoms. The molecule has 13 nitrogen and oxygen atoms in total. The first-order valence-corrected chi connectivity index (χ1v) is 11.1. The van der Waals surface area contributed by atoms with Gasteiger partial charge in [0.15, 0.2) is 18.4 Å². The predicted octanol–water partition coefficient (Wildman–Crippen LogP) is 2.34. The van der Waals surface area contributed by atoms with E-state index < -0.39 is 66.4 Å². The molecule has 0 saturated carbocycles. The van der Waals surface area contributed by atoms with Crippen molar-refractivity contribution in [2.75, 3.05) is 6.61 Å². The largest absolute Gasteiger partial charge is 0.462 e. The molecule has 0 aromatic heterocycles. The normalized spacial score (nSPS) is 26.0. The van der Waals surface area contributed by atoms with Crippen LogP contribution in [0.5, 0.6) is 0 Å². The molecule has 4 atom stereocenters. The fourth-order valence-corrected chi connectivity index (χ4v) is 3.14. The average Bonchev–Trinajstić information content (AvgIpc) is 3.05. The molecule has 0 aromatic rings. The molecule has 0 amide bonds. The first-order valence-electron chi connectivity index (χ1n) is 11.1. The van der Waals surface area contributed by atoms with Crippen molar-refractivity contribution in [2.45, 2.75) is 65.7 Å². The highest BCUT2D eigenvalue weighted by molar-refractivity contribution is 5.92. The van der Waals surface area contributed by atoms with Crippen molar-refractivity contribution in [2.24, 2.45) is 33.6 Å². The lowest BCUT2D eigenvalue weighted by Gasteiger charge is -2.32. The van der Waals surface area contributed by atoms with E-state index in [9.17, 15) is 19.9 Å². The van der Waals surface area contributed by atoms with Gasteiger partial charge in [0.2, 0.25) is 5.72 Å². The number of hydrogen-bond donors (Lipinski definition) is 1. The van der Waals surface area contributed by atoms with Crippen LogP contribution in [0, 0.1) is 17.8 Å². The van der Waals surface area contributed by atoms with Gasteiger partial charge in [0, 0.05) is 11.1 Å². The number of ether oxygens (including phenoxy) is 4. The Kier molecular flexibility index (Phi) is 8.88. The van der Waals surface area contributed by atoms with Crippen molar-refractivity contribution in [1.82, 2.24) is 4.90 Å². The van der Waals surface area contributed by atoms with E-state index in [1.165, 1.54) is 17.2 Å². The van der Waals surface area contributed by atoms with Gasteiger partial charge in [0.05, 0.1) is 17.8 Å². The third kappa shape index (κ3) is 6.31. The number of aliphatic imine (C=N–C) groups is 1. The lowest BCUT2D eigenvalue weighted by atomic mass is 10.0. The summed E-state index contributed by atoms with van der Waals surface area (Å²) in [6.07, 6.45) is -1.05. The summed E-state index contributed by atoms with van der Waals surface area (Å²) in [5, 5.41) is 3.74. The number of amidine groups is 1. The molecule has 35 heavy (non-hydrogen) atoms. The third-order valence-electron chi connectivity index (χ3n) is 5.13. The fourth-order valence-electron chi connectivity index (χ4n) is 3.14. The zero-order valence-electron chi connectivity index (χ0n) is 20.7. The number of rotatable bonds is 9. The molecule has 192 valence electrons. The van der Waals surface area contributed by atoms with Crippen LogP contribution in [0.1, 0.15) is 41.5 Å². The maximum Gasteiger partial charge on any atom is 0.308 e. The molecule has 2 aliphatic rings. The molecule has 1 saturated heterocycles. The van der Waals surface area contributed by atoms with Gasteiger partial charge in [-0.15, -0.1) is 0 Å². The van der Waals surface area contributed by atoms with Gasteiger partial charge in [-0.1, -0.05) is 53.2 Å². The predicted molar refractivity (Wildman–Crippen MR) is 124 cm³/mol. The van der Waals surface area contributed by atoms with Crippen molar-refractivity contribution in [3.05, 3.63) is 35.1 Å². The summed E-state index contributed by atoms with van der Waals surface area (Å²) >= 11 is 0. The third-order valence-corrected chi connectivity index (χ3v) is 5.13. The SMILES string of the molecule is C=C1N=C(N)C=CN1[C@@H]1O[C@@](COC(=O)C(C)C)(N=[N+]=[N-])[C@@H](OC(=O)C(C)C)[C@H]1OC(=O)C(C)C. The second kappa shape index (κ2) is 11.2. The summed E-state index contributed by atoms with van der Waals surface area (Å²) in [5.41, 5.74) is 13.0. The Bertz CT molecular complexity index is 969. The molecule has 1 fully saturated rings. The van der Waals surface area contributed by atoms with E-state index in [2.05, 4.69) is 21.6 Å². The summed E-state index contributed by atoms with van der Waals surface area (Å²) in [7, 11) is 0. The molecule has 0 aromatic carbocycles. The van der Waals surface area contributed by atoms with E-state index in [0.717, 1.165) is 0 Å². The molecule has 0 unspecified atom stereocenters. The van der Waals surface area contributed by atoms with Gasteiger partial charge in [-0.3, -0.25) is 14.4 Å². The smallest absolute Gasteiger partial charge is 0.308 e. The number of hydrogen-bond acceptors (Lipinski definition) is 11. The van der Waals surface area contributed by atoms with Crippen LogP contribution in [-0.4, -0.2) is 59.4 Å². The van der Waals surface area contributed by atoms with Crippen LogP contribution in [0.2, 0.25) is 0 Å². The minimum atomic E-state index is -2.06. The van der Waals surface area contributed by atoms with Crippen molar-refractivity contribution >= 4 is 23.7 Å². The molecule has 2 heterocycles. The molecule has 0 spiro atoms. The summed E-state index contributed by atoms with van der Waals surface area (Å²) in [5.74, 6) is -3.21. The average molecular weight is 493 g/mol. The minimum absolute atomic E-state index is 0.130. The van der Waals surface area contributed by atoms with Crippen molar-refractivity contribution < 1.29 is 33.3 Å². The van der Waals surface area contributed by atoms with Crippen molar-refractivity contribution in [1.29, 1.82) is 0 Å². The van der Waals surface area contributed by atoms with Gasteiger partial charge < -0.3 is 29.6 Å². The molecule has 0 bridgehead atoms. The lowest BCUT2D eigenvalue weighted by Crippen LogP contribution is -2.50. The van der Waals surface area contributed by atoms with Gasteiger partial charge in [-0.2, -0.15) is 0 Å². The molecule has 0 aliphatic carbocycles. The van der Waals surface area contributed by atoms with Gasteiger partial charge in [-0.05, 0) is 11.6 Å². The molecule has 0 radical (unpaired) electrons. The molecular weight excluding hydrogens is 460 g/mol. The second-order valence-electron chi connectivity index (χ2n) is 9.05. The second-order valence-corrected chi connectivity index (χ2v) is 9.05. The Morgan fingerprint density at radius 1 is 1.17 bits per heavy atom. The van der Waals surface area contributed by atoms with Crippen LogP contribution in [0.4, 0.5) is 0 Å². The Morgan fingerprint density at radius 2 is 1.74 bits per heavy atom. The highest BCUT2D eigenvalue weighted by Crippen LogP contribution is 2.41. The van der Waals surface area contributed by atoms with Crippen LogP contribution in [0.15, 0.2) is 34.8 Å². The quantitative estimate of drug-likeness (QED) is 0.166. The molecule has 2 N–H and O–H groups in total. The number of nitrogens with zero attached hydrogens (tertiary/aromatic N) is 5. The number of nitrogens with two attached hydrogens (primary N) is 1. The Labute approximate surface area is 203 Å². The lowest BCUT2D eigenvalue weighted by molar-refractivity contribution is -0.183. The summed E-state index contributed by atoms with van der Waals surface area (Å²) in [4.78, 5) is 45.8. The van der Waals surface area contributed by atoms with E-state index in [4.69, 9.17) is 24.7 Å².